The smallest absolute Gasteiger partial charge is 0.222 e. The Kier molecular flexibility index (Phi) is 10.1. The van der Waals surface area contributed by atoms with Crippen molar-refractivity contribution < 1.29 is 9.59 Å². The molecule has 2 aliphatic rings. The third-order valence-electron chi connectivity index (χ3n) is 5.48. The number of hydrogen-bond donors (Lipinski definition) is 1. The van der Waals surface area contributed by atoms with Gasteiger partial charge >= 0.3 is 0 Å². The quantitative estimate of drug-likeness (QED) is 0.768. The van der Waals surface area contributed by atoms with E-state index < -0.39 is 0 Å². The van der Waals surface area contributed by atoms with Crippen LogP contribution >= 0.6 is 24.8 Å². The van der Waals surface area contributed by atoms with Gasteiger partial charge in [0.25, 0.3) is 0 Å². The molecule has 27 heavy (non-hydrogen) atoms. The minimum absolute atomic E-state index is 0. The molecule has 1 aromatic heterocycles. The maximum absolute atomic E-state index is 12.6. The molecule has 0 bridgehead atoms. The summed E-state index contributed by atoms with van der Waals surface area (Å²) in [5.41, 5.74) is 1.15. The van der Waals surface area contributed by atoms with Gasteiger partial charge < -0.3 is 15.1 Å². The van der Waals surface area contributed by atoms with Crippen LogP contribution in [-0.4, -0.2) is 65.9 Å². The second-order valence-corrected chi connectivity index (χ2v) is 7.04. The molecule has 2 atom stereocenters. The number of aromatic nitrogens is 1. The normalized spacial score (nSPS) is 21.7. The van der Waals surface area contributed by atoms with Crippen LogP contribution in [0.5, 0.6) is 0 Å². The number of likely N-dealkylation sites (N-methyl/N-ethyl adjacent to an activating group) is 1. The Morgan fingerprint density at radius 2 is 2.00 bits per heavy atom. The molecule has 0 aliphatic carbocycles. The number of aryl methyl sites for hydroxylation is 1. The van der Waals surface area contributed by atoms with E-state index in [0.29, 0.717) is 24.8 Å². The lowest BCUT2D eigenvalue weighted by Gasteiger charge is -2.47. The Hall–Kier alpha value is -1.37. The third-order valence-corrected chi connectivity index (χ3v) is 5.48. The molecule has 152 valence electrons. The highest BCUT2D eigenvalue weighted by atomic mass is 35.5. The van der Waals surface area contributed by atoms with Crippen molar-refractivity contribution in [2.75, 3.05) is 33.2 Å². The van der Waals surface area contributed by atoms with E-state index >= 15 is 0 Å². The fourth-order valence-corrected chi connectivity index (χ4v) is 4.06. The van der Waals surface area contributed by atoms with Gasteiger partial charge in [0.05, 0.1) is 0 Å². The fraction of sp³-hybridized carbons (Fsp3) is 0.632. The summed E-state index contributed by atoms with van der Waals surface area (Å²) in [6.07, 6.45) is 7.27. The summed E-state index contributed by atoms with van der Waals surface area (Å²) in [5.74, 6) is 0.927. The lowest BCUT2D eigenvalue weighted by molar-refractivity contribution is -0.144. The standard InChI is InChI=1S/C19H28N4O2.2ClH/c1-20-11-13-23-17-8-12-22(14-16(17)3-5-19(23)25)18(24)4-2-15-6-9-21-10-7-15;;/h6-7,9-10,16-17,20H,2-5,8,11-14H2,1H3;2*1H/t16-,17+;;/m0../s1. The predicted molar refractivity (Wildman–Crippen MR) is 110 cm³/mol. The molecule has 2 fully saturated rings. The van der Waals surface area contributed by atoms with Crippen LogP contribution < -0.4 is 5.32 Å². The molecule has 0 spiro atoms. The van der Waals surface area contributed by atoms with Crippen molar-refractivity contribution in [1.82, 2.24) is 20.1 Å². The Balaban J connectivity index is 0.00000182. The number of hydrogen-bond acceptors (Lipinski definition) is 4. The Labute approximate surface area is 173 Å². The van der Waals surface area contributed by atoms with Crippen molar-refractivity contribution in [1.29, 1.82) is 0 Å². The van der Waals surface area contributed by atoms with Crippen molar-refractivity contribution >= 4 is 36.6 Å². The molecule has 1 N–H and O–H groups in total. The molecule has 1 aromatic rings. The van der Waals surface area contributed by atoms with Crippen molar-refractivity contribution in [3.63, 3.8) is 0 Å². The summed E-state index contributed by atoms with van der Waals surface area (Å²) in [6.45, 7) is 3.15. The van der Waals surface area contributed by atoms with Crippen LogP contribution in [0.15, 0.2) is 24.5 Å². The number of piperidine rings is 2. The molecule has 0 radical (unpaired) electrons. The topological polar surface area (TPSA) is 65.5 Å². The van der Waals surface area contributed by atoms with Gasteiger partial charge in [-0.15, -0.1) is 24.8 Å². The van der Waals surface area contributed by atoms with Crippen molar-refractivity contribution in [2.24, 2.45) is 5.92 Å². The van der Waals surface area contributed by atoms with Gasteiger partial charge in [-0.3, -0.25) is 14.6 Å². The first-order valence-electron chi connectivity index (χ1n) is 9.30. The van der Waals surface area contributed by atoms with Gasteiger partial charge in [-0.25, -0.2) is 0 Å². The van der Waals surface area contributed by atoms with E-state index in [2.05, 4.69) is 10.3 Å². The highest BCUT2D eigenvalue weighted by Crippen LogP contribution is 2.31. The number of halogens is 2. The van der Waals surface area contributed by atoms with Gasteiger partial charge in [0, 0.05) is 57.5 Å². The molecule has 0 unspecified atom stereocenters. The van der Waals surface area contributed by atoms with Gasteiger partial charge in [-0.1, -0.05) is 0 Å². The number of nitrogens with one attached hydrogen (secondary N) is 1. The van der Waals surface area contributed by atoms with Gasteiger partial charge in [-0.05, 0) is 49.9 Å². The first kappa shape index (κ1) is 23.7. The van der Waals surface area contributed by atoms with Gasteiger partial charge in [0.2, 0.25) is 11.8 Å². The van der Waals surface area contributed by atoms with Crippen LogP contribution in [0.25, 0.3) is 0 Å². The van der Waals surface area contributed by atoms with Gasteiger partial charge in [-0.2, -0.15) is 0 Å². The van der Waals surface area contributed by atoms with Crippen LogP contribution in [0, 0.1) is 5.92 Å². The summed E-state index contributed by atoms with van der Waals surface area (Å²) in [6, 6.07) is 4.23. The molecule has 6 nitrogen and oxygen atoms in total. The van der Waals surface area contributed by atoms with Crippen molar-refractivity contribution in [2.45, 2.75) is 38.1 Å². The van der Waals surface area contributed by atoms with E-state index in [1.54, 1.807) is 12.4 Å². The molecule has 0 saturated carbocycles. The van der Waals surface area contributed by atoms with E-state index in [-0.39, 0.29) is 36.6 Å². The second-order valence-electron chi connectivity index (χ2n) is 7.04. The molecular weight excluding hydrogens is 387 g/mol. The molecule has 2 aliphatic heterocycles. The Bertz CT molecular complexity index is 603. The Morgan fingerprint density at radius 1 is 1.26 bits per heavy atom. The highest BCUT2D eigenvalue weighted by molar-refractivity contribution is 5.85. The van der Waals surface area contributed by atoms with E-state index in [9.17, 15) is 9.59 Å². The van der Waals surface area contributed by atoms with E-state index in [1.807, 2.05) is 29.0 Å². The molecule has 2 saturated heterocycles. The number of nitrogens with zero attached hydrogens (tertiary/aromatic N) is 3. The van der Waals surface area contributed by atoms with Crippen LogP contribution in [0.2, 0.25) is 0 Å². The number of carbonyl (C=O) groups excluding carboxylic acids is 2. The van der Waals surface area contributed by atoms with Crippen LogP contribution in [0.4, 0.5) is 0 Å². The summed E-state index contributed by atoms with van der Waals surface area (Å²) in [7, 11) is 1.91. The molecule has 3 heterocycles. The zero-order valence-electron chi connectivity index (χ0n) is 15.8. The lowest BCUT2D eigenvalue weighted by Crippen LogP contribution is -2.57. The maximum Gasteiger partial charge on any atom is 0.222 e. The molecule has 0 aromatic carbocycles. The van der Waals surface area contributed by atoms with Crippen molar-refractivity contribution in [3.05, 3.63) is 30.1 Å². The average Bonchev–Trinajstić information content (AvgIpc) is 2.66. The summed E-state index contributed by atoms with van der Waals surface area (Å²) in [5, 5.41) is 3.13. The first-order valence-corrected chi connectivity index (χ1v) is 9.30. The number of fused-ring (bicyclic) bond motifs is 1. The SMILES string of the molecule is CNCCN1C(=O)CC[C@H]2CN(C(=O)CCc3ccncc3)CC[C@H]21.Cl.Cl. The average molecular weight is 417 g/mol. The third kappa shape index (κ3) is 6.06. The minimum atomic E-state index is 0. The second kappa shape index (κ2) is 11.5. The molecule has 2 amide bonds. The molecule has 8 heteroatoms. The summed E-state index contributed by atoms with van der Waals surface area (Å²) < 4.78 is 0. The maximum atomic E-state index is 12.6. The highest BCUT2D eigenvalue weighted by Gasteiger charge is 2.39. The Morgan fingerprint density at radius 3 is 2.70 bits per heavy atom. The van der Waals surface area contributed by atoms with E-state index in [0.717, 1.165) is 51.0 Å². The zero-order valence-corrected chi connectivity index (χ0v) is 17.4. The number of carbonyl (C=O) groups is 2. The van der Waals surface area contributed by atoms with Crippen LogP contribution in [-0.2, 0) is 16.0 Å². The van der Waals surface area contributed by atoms with E-state index in [1.165, 1.54) is 0 Å². The summed E-state index contributed by atoms with van der Waals surface area (Å²) in [4.78, 5) is 32.9. The lowest BCUT2D eigenvalue weighted by atomic mass is 9.83. The predicted octanol–water partition coefficient (Wildman–Crippen LogP) is 1.92. The monoisotopic (exact) mass is 416 g/mol. The zero-order chi connectivity index (χ0) is 17.6. The van der Waals surface area contributed by atoms with Crippen LogP contribution in [0.3, 0.4) is 0 Å². The number of likely N-dealkylation sites (tertiary alicyclic amines) is 2. The number of rotatable bonds is 6. The minimum Gasteiger partial charge on any atom is -0.342 e. The fourth-order valence-electron chi connectivity index (χ4n) is 4.06. The van der Waals surface area contributed by atoms with Crippen LogP contribution in [0.1, 0.15) is 31.2 Å². The first-order chi connectivity index (χ1) is 12.2. The number of pyridine rings is 1. The molecule has 3 rings (SSSR count). The largest absolute Gasteiger partial charge is 0.342 e. The van der Waals surface area contributed by atoms with E-state index in [4.69, 9.17) is 0 Å². The van der Waals surface area contributed by atoms with Gasteiger partial charge in [0.15, 0.2) is 0 Å². The van der Waals surface area contributed by atoms with Crippen molar-refractivity contribution in [3.8, 4) is 0 Å². The molecular formula is C19H30Cl2N4O2. The number of amides is 2. The van der Waals surface area contributed by atoms with Gasteiger partial charge in [0.1, 0.15) is 0 Å². The summed E-state index contributed by atoms with van der Waals surface area (Å²) >= 11 is 0.